The highest BCUT2D eigenvalue weighted by atomic mass is 32.2. The fourth-order valence-electron chi connectivity index (χ4n) is 3.61. The molecule has 148 valence electrons. The Bertz CT molecular complexity index is 970. The molecule has 0 aromatic carbocycles. The highest BCUT2D eigenvalue weighted by molar-refractivity contribution is 7.98. The zero-order chi connectivity index (χ0) is 19.7. The Labute approximate surface area is 165 Å². The molecule has 4 heterocycles. The Morgan fingerprint density at radius 2 is 2.07 bits per heavy atom. The molecular formula is C19H20F3N5S. The van der Waals surface area contributed by atoms with Gasteiger partial charge in [0, 0.05) is 25.5 Å². The minimum absolute atomic E-state index is 0.372. The number of piperidine rings is 1. The molecule has 28 heavy (non-hydrogen) atoms. The summed E-state index contributed by atoms with van der Waals surface area (Å²) in [5.41, 5.74) is 0.141. The van der Waals surface area contributed by atoms with Gasteiger partial charge in [0.05, 0.1) is 11.8 Å². The van der Waals surface area contributed by atoms with Gasteiger partial charge in [-0.05, 0) is 49.0 Å². The summed E-state index contributed by atoms with van der Waals surface area (Å²) in [5, 5.41) is 0. The lowest BCUT2D eigenvalue weighted by Gasteiger charge is -2.33. The van der Waals surface area contributed by atoms with E-state index in [-0.39, 0.29) is 0 Å². The van der Waals surface area contributed by atoms with Crippen molar-refractivity contribution in [3.05, 3.63) is 42.4 Å². The van der Waals surface area contributed by atoms with E-state index in [4.69, 9.17) is 0 Å². The third kappa shape index (κ3) is 3.80. The lowest BCUT2D eigenvalue weighted by molar-refractivity contribution is -0.137. The lowest BCUT2D eigenvalue weighted by atomic mass is 10.0. The number of halogens is 3. The maximum Gasteiger partial charge on any atom is 0.417 e. The molecular weight excluding hydrogens is 387 g/mol. The average Bonchev–Trinajstić information content (AvgIpc) is 3.11. The van der Waals surface area contributed by atoms with E-state index in [0.29, 0.717) is 23.1 Å². The Hall–Kier alpha value is -2.29. The molecule has 4 rings (SSSR count). The van der Waals surface area contributed by atoms with E-state index < -0.39 is 11.7 Å². The van der Waals surface area contributed by atoms with Crippen LogP contribution >= 0.6 is 11.8 Å². The van der Waals surface area contributed by atoms with Crippen molar-refractivity contribution in [1.29, 1.82) is 0 Å². The zero-order valence-corrected chi connectivity index (χ0v) is 16.2. The van der Waals surface area contributed by atoms with Crippen molar-refractivity contribution in [2.45, 2.75) is 19.0 Å². The van der Waals surface area contributed by atoms with Gasteiger partial charge in [-0.1, -0.05) is 0 Å². The molecule has 1 atom stereocenters. The number of fused-ring (bicyclic) bond motifs is 1. The van der Waals surface area contributed by atoms with Crippen LogP contribution in [0.3, 0.4) is 0 Å². The summed E-state index contributed by atoms with van der Waals surface area (Å²) in [4.78, 5) is 15.4. The van der Waals surface area contributed by atoms with Gasteiger partial charge in [-0.25, -0.2) is 15.0 Å². The van der Waals surface area contributed by atoms with Crippen molar-refractivity contribution in [1.82, 2.24) is 19.4 Å². The number of hydrogen-bond acceptors (Lipinski definition) is 5. The number of imidazole rings is 1. The monoisotopic (exact) mass is 407 g/mol. The van der Waals surface area contributed by atoms with Gasteiger partial charge in [0.2, 0.25) is 0 Å². The van der Waals surface area contributed by atoms with Crippen LogP contribution in [0.5, 0.6) is 0 Å². The predicted octanol–water partition coefficient (Wildman–Crippen LogP) is 4.39. The molecule has 0 N–H and O–H groups in total. The van der Waals surface area contributed by atoms with Gasteiger partial charge in [0.25, 0.3) is 0 Å². The highest BCUT2D eigenvalue weighted by Gasteiger charge is 2.31. The second-order valence-electron chi connectivity index (χ2n) is 6.94. The molecule has 1 saturated heterocycles. The van der Waals surface area contributed by atoms with E-state index in [2.05, 4.69) is 26.1 Å². The highest BCUT2D eigenvalue weighted by Crippen LogP contribution is 2.31. The van der Waals surface area contributed by atoms with Gasteiger partial charge in [0.15, 0.2) is 5.82 Å². The van der Waals surface area contributed by atoms with Crippen LogP contribution in [0.25, 0.3) is 17.2 Å². The zero-order valence-electron chi connectivity index (χ0n) is 15.4. The normalized spacial score (nSPS) is 18.0. The van der Waals surface area contributed by atoms with E-state index in [1.165, 1.54) is 23.1 Å². The number of pyridine rings is 1. The fraction of sp³-hybridized carbons (Fsp3) is 0.421. The molecule has 5 nitrogen and oxygen atoms in total. The van der Waals surface area contributed by atoms with Gasteiger partial charge >= 0.3 is 6.18 Å². The first-order chi connectivity index (χ1) is 13.5. The molecule has 0 saturated carbocycles. The summed E-state index contributed by atoms with van der Waals surface area (Å²) < 4.78 is 40.7. The van der Waals surface area contributed by atoms with Crippen molar-refractivity contribution < 1.29 is 13.2 Å². The third-order valence-corrected chi connectivity index (χ3v) is 5.75. The molecule has 1 fully saturated rings. The second kappa shape index (κ2) is 7.62. The van der Waals surface area contributed by atoms with Gasteiger partial charge in [-0.2, -0.15) is 24.9 Å². The Balaban J connectivity index is 1.68. The van der Waals surface area contributed by atoms with Crippen LogP contribution in [0, 0.1) is 5.92 Å². The smallest absolute Gasteiger partial charge is 0.356 e. The van der Waals surface area contributed by atoms with Crippen molar-refractivity contribution in [3.63, 3.8) is 0 Å². The maximum absolute atomic E-state index is 13.1. The molecule has 1 unspecified atom stereocenters. The minimum atomic E-state index is -4.42. The van der Waals surface area contributed by atoms with Gasteiger partial charge in [0.1, 0.15) is 17.2 Å². The topological polar surface area (TPSA) is 46.3 Å². The van der Waals surface area contributed by atoms with E-state index in [0.717, 1.165) is 43.3 Å². The SMILES string of the molecule is CSCC1CCCN(c2ccnc(-c3cnc4ccc(C(F)(F)F)cn34)n2)C1. The molecule has 1 aliphatic heterocycles. The Morgan fingerprint density at radius 1 is 1.21 bits per heavy atom. The van der Waals surface area contributed by atoms with Crippen molar-refractivity contribution in [2.24, 2.45) is 5.92 Å². The fourth-order valence-corrected chi connectivity index (χ4v) is 4.35. The summed E-state index contributed by atoms with van der Waals surface area (Å²) in [6.07, 6.45) is 4.23. The molecule has 1 aliphatic rings. The van der Waals surface area contributed by atoms with Crippen LogP contribution in [0.2, 0.25) is 0 Å². The van der Waals surface area contributed by atoms with E-state index >= 15 is 0 Å². The maximum atomic E-state index is 13.1. The average molecular weight is 407 g/mol. The van der Waals surface area contributed by atoms with Crippen LogP contribution in [-0.2, 0) is 6.18 Å². The lowest BCUT2D eigenvalue weighted by Crippen LogP contribution is -2.36. The van der Waals surface area contributed by atoms with Crippen LogP contribution < -0.4 is 4.90 Å². The van der Waals surface area contributed by atoms with E-state index in [9.17, 15) is 13.2 Å². The summed E-state index contributed by atoms with van der Waals surface area (Å²) in [6, 6.07) is 4.24. The molecule has 0 radical (unpaired) electrons. The van der Waals surface area contributed by atoms with Crippen LogP contribution in [-0.4, -0.2) is 44.5 Å². The summed E-state index contributed by atoms with van der Waals surface area (Å²) >= 11 is 1.85. The second-order valence-corrected chi connectivity index (χ2v) is 7.85. The number of anilines is 1. The molecule has 0 bridgehead atoms. The van der Waals surface area contributed by atoms with E-state index in [1.54, 1.807) is 6.20 Å². The number of nitrogens with zero attached hydrogens (tertiary/aromatic N) is 5. The number of thioether (sulfide) groups is 1. The predicted molar refractivity (Wildman–Crippen MR) is 105 cm³/mol. The van der Waals surface area contributed by atoms with Crippen LogP contribution in [0.15, 0.2) is 36.8 Å². The first-order valence-corrected chi connectivity index (χ1v) is 10.5. The molecule has 0 amide bonds. The molecule has 0 aliphatic carbocycles. The Morgan fingerprint density at radius 3 is 2.86 bits per heavy atom. The summed E-state index contributed by atoms with van der Waals surface area (Å²) in [7, 11) is 0. The number of alkyl halides is 3. The van der Waals surface area contributed by atoms with Crippen LogP contribution in [0.1, 0.15) is 18.4 Å². The first kappa shape index (κ1) is 19.0. The number of aromatic nitrogens is 4. The van der Waals surface area contributed by atoms with E-state index in [1.807, 2.05) is 17.8 Å². The largest absolute Gasteiger partial charge is 0.417 e. The minimum Gasteiger partial charge on any atom is -0.356 e. The molecule has 3 aromatic rings. The summed E-state index contributed by atoms with van der Waals surface area (Å²) in [5.74, 6) is 2.91. The quantitative estimate of drug-likeness (QED) is 0.642. The Kier molecular flexibility index (Phi) is 5.18. The molecule has 0 spiro atoms. The third-order valence-electron chi connectivity index (χ3n) is 4.95. The van der Waals surface area contributed by atoms with Crippen molar-refractivity contribution in [2.75, 3.05) is 30.0 Å². The summed E-state index contributed by atoms with van der Waals surface area (Å²) in [6.45, 7) is 1.86. The van der Waals surface area contributed by atoms with Crippen molar-refractivity contribution >= 4 is 23.2 Å². The van der Waals surface area contributed by atoms with Crippen LogP contribution in [0.4, 0.5) is 19.0 Å². The molecule has 3 aromatic heterocycles. The number of rotatable bonds is 4. The number of hydrogen-bond donors (Lipinski definition) is 0. The first-order valence-electron chi connectivity index (χ1n) is 9.07. The van der Waals surface area contributed by atoms with Gasteiger partial charge in [-0.3, -0.25) is 4.40 Å². The van der Waals surface area contributed by atoms with Gasteiger partial charge < -0.3 is 4.90 Å². The van der Waals surface area contributed by atoms with Gasteiger partial charge in [-0.15, -0.1) is 0 Å². The molecule has 9 heteroatoms. The van der Waals surface area contributed by atoms with Crippen molar-refractivity contribution in [3.8, 4) is 11.5 Å². The standard InChI is InChI=1S/C19H20F3N5S/c1-28-12-13-3-2-8-26(10-13)17-6-7-23-18(25-17)15-9-24-16-5-4-14(11-27(15)16)19(20,21)22/h4-7,9,11,13H,2-3,8,10,12H2,1H3.